The van der Waals surface area contributed by atoms with Crippen LogP contribution in [0.5, 0.6) is 0 Å². The molecule has 0 fully saturated rings. The molecule has 2 nitrogen and oxygen atoms in total. The van der Waals surface area contributed by atoms with Crippen molar-refractivity contribution in [1.82, 2.24) is 0 Å². The number of rotatable bonds is 2. The van der Waals surface area contributed by atoms with Crippen LogP contribution in [0.3, 0.4) is 0 Å². The Morgan fingerprint density at radius 1 is 2.00 bits per heavy atom. The third-order valence-corrected chi connectivity index (χ3v) is 0.387. The lowest BCUT2D eigenvalue weighted by Crippen LogP contribution is -1.73. The molecule has 3 heteroatoms. The summed E-state index contributed by atoms with van der Waals surface area (Å²) < 4.78 is 0. The molecule has 0 radical (unpaired) electrons. The molecular weight excluding hydrogens is 101 g/mol. The molecule has 0 amide bonds. The van der Waals surface area contributed by atoms with E-state index in [4.69, 9.17) is 11.6 Å². The highest BCUT2D eigenvalue weighted by molar-refractivity contribution is 6.24. The second kappa shape index (κ2) is 4.76. The van der Waals surface area contributed by atoms with E-state index in [1.165, 1.54) is 13.3 Å². The largest absolute Gasteiger partial charge is 0.399 e. The molecule has 0 aliphatic heterocycles. The first-order chi connectivity index (χ1) is 2.91. The Labute approximate surface area is 41.7 Å². The van der Waals surface area contributed by atoms with Gasteiger partial charge in [-0.25, -0.2) is 0 Å². The third-order valence-electron chi connectivity index (χ3n) is 0.249. The molecule has 0 saturated carbocycles. The lowest BCUT2D eigenvalue weighted by atomic mass is 10.9. The average Bonchev–Trinajstić information content (AvgIpc) is 1.61. The van der Waals surface area contributed by atoms with Crippen molar-refractivity contribution in [3.05, 3.63) is 0 Å². The Balaban J connectivity index is 2.73. The van der Waals surface area contributed by atoms with Crippen LogP contribution >= 0.6 is 11.6 Å². The van der Waals surface area contributed by atoms with Crippen LogP contribution in [0.25, 0.3) is 0 Å². The summed E-state index contributed by atoms with van der Waals surface area (Å²) in [5, 5.41) is 3.33. The van der Waals surface area contributed by atoms with E-state index in [2.05, 4.69) is 9.99 Å². The van der Waals surface area contributed by atoms with Gasteiger partial charge < -0.3 is 4.84 Å². The molecule has 0 spiro atoms. The van der Waals surface area contributed by atoms with Gasteiger partial charge in [0.05, 0.1) is 12.1 Å². The lowest BCUT2D eigenvalue weighted by molar-refractivity contribution is 0.215. The van der Waals surface area contributed by atoms with Gasteiger partial charge in [-0.05, 0) is 0 Å². The van der Waals surface area contributed by atoms with Gasteiger partial charge in [0.25, 0.3) is 0 Å². The van der Waals surface area contributed by atoms with E-state index in [1.54, 1.807) is 0 Å². The van der Waals surface area contributed by atoms with Crippen LogP contribution in [0.15, 0.2) is 5.16 Å². The Bertz CT molecular complexity index is 40.1. The minimum Gasteiger partial charge on any atom is -0.399 e. The van der Waals surface area contributed by atoms with Crippen molar-refractivity contribution < 1.29 is 4.84 Å². The second-order valence-corrected chi connectivity index (χ2v) is 0.933. The number of hydrogen-bond donors (Lipinski definition) is 0. The first kappa shape index (κ1) is 5.76. The van der Waals surface area contributed by atoms with E-state index < -0.39 is 0 Å². The molecule has 0 aromatic carbocycles. The zero-order valence-electron chi connectivity index (χ0n) is 3.52. The van der Waals surface area contributed by atoms with Crippen LogP contribution in [0.4, 0.5) is 0 Å². The van der Waals surface area contributed by atoms with Crippen molar-refractivity contribution in [3.8, 4) is 0 Å². The van der Waals surface area contributed by atoms with Crippen LogP contribution in [-0.4, -0.2) is 19.2 Å². The van der Waals surface area contributed by atoms with Gasteiger partial charge in [0.15, 0.2) is 0 Å². The monoisotopic (exact) mass is 107 g/mol. The highest BCUT2D eigenvalue weighted by atomic mass is 35.5. The van der Waals surface area contributed by atoms with E-state index in [-0.39, 0.29) is 0 Å². The van der Waals surface area contributed by atoms with Crippen LogP contribution in [0.1, 0.15) is 0 Å². The predicted molar refractivity (Wildman–Crippen MR) is 26.2 cm³/mol. The fourth-order valence-corrected chi connectivity index (χ4v) is 0.159. The van der Waals surface area contributed by atoms with Gasteiger partial charge in [0.2, 0.25) is 0 Å². The third kappa shape index (κ3) is 3.76. The minimum absolute atomic E-state index is 0.411. The summed E-state index contributed by atoms with van der Waals surface area (Å²) in [6.07, 6.45) is 1.47. The summed E-state index contributed by atoms with van der Waals surface area (Å²) in [6.45, 7) is 0. The van der Waals surface area contributed by atoms with Gasteiger partial charge in [-0.1, -0.05) is 5.16 Å². The molecule has 0 aliphatic rings. The Kier molecular flexibility index (Phi) is 4.57. The smallest absolute Gasteiger partial charge is 0.106 e. The highest BCUT2D eigenvalue weighted by Crippen LogP contribution is 1.67. The number of oxime groups is 1. The number of alkyl halides is 1. The SMILES string of the molecule is CON=CCCl. The molecule has 0 unspecified atom stereocenters. The normalized spacial score (nSPS) is 9.67. The van der Waals surface area contributed by atoms with Crippen molar-refractivity contribution in [2.45, 2.75) is 0 Å². The molecule has 0 atom stereocenters. The summed E-state index contributed by atoms with van der Waals surface area (Å²) >= 11 is 5.15. The summed E-state index contributed by atoms with van der Waals surface area (Å²) in [5.74, 6) is 0.411. The minimum atomic E-state index is 0.411. The fourth-order valence-electron chi connectivity index (χ4n) is 0.103. The van der Waals surface area contributed by atoms with Gasteiger partial charge >= 0.3 is 0 Å². The van der Waals surface area contributed by atoms with Crippen LogP contribution in [-0.2, 0) is 4.84 Å². The van der Waals surface area contributed by atoms with E-state index in [1.807, 2.05) is 0 Å². The number of halogens is 1. The molecule has 0 saturated heterocycles. The standard InChI is InChI=1S/C3H6ClNO/c1-6-5-3-2-4/h3H,2H2,1H3. The molecule has 0 N–H and O–H groups in total. The maximum absolute atomic E-state index is 5.15. The van der Waals surface area contributed by atoms with E-state index in [9.17, 15) is 0 Å². The Morgan fingerprint density at radius 2 is 2.67 bits per heavy atom. The van der Waals surface area contributed by atoms with Gasteiger partial charge in [-0.3, -0.25) is 0 Å². The van der Waals surface area contributed by atoms with Crippen molar-refractivity contribution >= 4 is 17.8 Å². The molecular formula is C3H6ClNO. The molecule has 0 bridgehead atoms. The Hall–Kier alpha value is -0.240. The molecule has 36 valence electrons. The second-order valence-electron chi connectivity index (χ2n) is 0.625. The molecule has 0 aromatic rings. The topological polar surface area (TPSA) is 21.6 Å². The first-order valence-electron chi connectivity index (χ1n) is 1.52. The van der Waals surface area contributed by atoms with Gasteiger partial charge in [-0.15, -0.1) is 11.6 Å². The first-order valence-corrected chi connectivity index (χ1v) is 2.06. The molecule has 0 aromatic heterocycles. The van der Waals surface area contributed by atoms with Gasteiger partial charge in [-0.2, -0.15) is 0 Å². The molecule has 0 heterocycles. The van der Waals surface area contributed by atoms with Crippen LogP contribution in [0, 0.1) is 0 Å². The van der Waals surface area contributed by atoms with E-state index >= 15 is 0 Å². The van der Waals surface area contributed by atoms with Crippen molar-refractivity contribution in [3.63, 3.8) is 0 Å². The highest BCUT2D eigenvalue weighted by Gasteiger charge is 1.61. The Morgan fingerprint density at radius 3 is 2.83 bits per heavy atom. The quantitative estimate of drug-likeness (QED) is 0.291. The van der Waals surface area contributed by atoms with Crippen molar-refractivity contribution in [1.29, 1.82) is 0 Å². The zero-order chi connectivity index (χ0) is 4.83. The van der Waals surface area contributed by atoms with Crippen LogP contribution in [0.2, 0.25) is 0 Å². The number of hydrogen-bond acceptors (Lipinski definition) is 2. The average molecular weight is 108 g/mol. The zero-order valence-corrected chi connectivity index (χ0v) is 4.27. The van der Waals surface area contributed by atoms with Gasteiger partial charge in [0, 0.05) is 0 Å². The van der Waals surface area contributed by atoms with Gasteiger partial charge in [0.1, 0.15) is 7.11 Å². The molecule has 0 rings (SSSR count). The van der Waals surface area contributed by atoms with Crippen molar-refractivity contribution in [2.24, 2.45) is 5.16 Å². The number of nitrogens with zero attached hydrogens (tertiary/aromatic N) is 1. The summed E-state index contributed by atoms with van der Waals surface area (Å²) in [4.78, 5) is 4.27. The summed E-state index contributed by atoms with van der Waals surface area (Å²) in [7, 11) is 1.48. The van der Waals surface area contributed by atoms with E-state index in [0.717, 1.165) is 0 Å². The van der Waals surface area contributed by atoms with Crippen molar-refractivity contribution in [2.75, 3.05) is 13.0 Å². The fraction of sp³-hybridized carbons (Fsp3) is 0.667. The molecule has 6 heavy (non-hydrogen) atoms. The summed E-state index contributed by atoms with van der Waals surface area (Å²) in [6, 6.07) is 0. The molecule has 0 aliphatic carbocycles. The maximum atomic E-state index is 5.15. The summed E-state index contributed by atoms with van der Waals surface area (Å²) in [5.41, 5.74) is 0. The predicted octanol–water partition coefficient (Wildman–Crippen LogP) is 0.857. The van der Waals surface area contributed by atoms with Crippen LogP contribution < -0.4 is 0 Å². The van der Waals surface area contributed by atoms with E-state index in [0.29, 0.717) is 5.88 Å². The lowest BCUT2D eigenvalue weighted by Gasteiger charge is -1.77. The maximum Gasteiger partial charge on any atom is 0.106 e.